The Kier molecular flexibility index (Phi) is 8.59. The van der Waals surface area contributed by atoms with Crippen LogP contribution in [-0.4, -0.2) is 47.7 Å². The van der Waals surface area contributed by atoms with Crippen LogP contribution in [0.2, 0.25) is 0 Å². The molecule has 11 heteroatoms. The van der Waals surface area contributed by atoms with E-state index in [9.17, 15) is 25.0 Å². The second-order valence-electron chi connectivity index (χ2n) is 9.30. The van der Waals surface area contributed by atoms with Crippen molar-refractivity contribution in [3.05, 3.63) is 83.3 Å². The average Bonchev–Trinajstić information content (AvgIpc) is 3.24. The second kappa shape index (κ2) is 12.1. The molecule has 1 saturated heterocycles. The highest BCUT2D eigenvalue weighted by molar-refractivity contribution is 7.07. The van der Waals surface area contributed by atoms with Crippen LogP contribution in [0.5, 0.6) is 0 Å². The zero-order valence-corrected chi connectivity index (χ0v) is 22.8. The van der Waals surface area contributed by atoms with Gasteiger partial charge in [-0.05, 0) is 55.7 Å². The van der Waals surface area contributed by atoms with Gasteiger partial charge in [-0.15, -0.1) is 11.3 Å². The minimum atomic E-state index is -0.579. The van der Waals surface area contributed by atoms with Crippen molar-refractivity contribution >= 4 is 40.3 Å². The molecular formula is C28H29N5O5S. The number of rotatable bonds is 7. The molecule has 0 spiro atoms. The summed E-state index contributed by atoms with van der Waals surface area (Å²) in [7, 11) is 0. The summed E-state index contributed by atoms with van der Waals surface area (Å²) in [5.41, 5.74) is 1.86. The molecule has 2 aromatic carbocycles. The maximum absolute atomic E-state index is 13.7. The first-order chi connectivity index (χ1) is 18.7. The van der Waals surface area contributed by atoms with Crippen molar-refractivity contribution in [3.63, 3.8) is 0 Å². The zero-order chi connectivity index (χ0) is 28.1. The number of hydrogen-bond donors (Lipinski definition) is 1. The minimum Gasteiger partial charge on any atom is -0.378 e. The van der Waals surface area contributed by atoms with Gasteiger partial charge < -0.3 is 15.0 Å². The highest BCUT2D eigenvalue weighted by Crippen LogP contribution is 2.30. The lowest BCUT2D eigenvalue weighted by atomic mass is 10.1. The summed E-state index contributed by atoms with van der Waals surface area (Å²) in [5, 5.41) is 24.5. The monoisotopic (exact) mass is 547 g/mol. The Morgan fingerprint density at radius 3 is 2.51 bits per heavy atom. The lowest BCUT2D eigenvalue weighted by Crippen LogP contribution is -2.36. The number of hydrogen-bond acceptors (Lipinski definition) is 8. The SMILES string of the molecule is CCc1ccc(-n2c(=O)/c(=C\c3ccc(N4CCOCC4)c([N+](=O)[O-])c3)s/c2=C(/C#N)C(=O)NC(C)C)cc1. The number of thiazole rings is 1. The molecule has 0 radical (unpaired) electrons. The number of nitriles is 1. The van der Waals surface area contributed by atoms with E-state index < -0.39 is 16.4 Å². The first kappa shape index (κ1) is 27.8. The van der Waals surface area contributed by atoms with E-state index >= 15 is 0 Å². The molecule has 202 valence electrons. The molecule has 39 heavy (non-hydrogen) atoms. The predicted octanol–water partition coefficient (Wildman–Crippen LogP) is 2.23. The molecule has 1 aromatic heterocycles. The van der Waals surface area contributed by atoms with E-state index in [2.05, 4.69) is 5.32 Å². The van der Waals surface area contributed by atoms with Gasteiger partial charge in [-0.1, -0.05) is 25.1 Å². The van der Waals surface area contributed by atoms with Crippen LogP contribution in [0.1, 0.15) is 31.9 Å². The number of carbonyl (C=O) groups is 1. The standard InChI is InChI=1S/C28H29N5O5S/c1-4-19-5-8-21(9-6-19)32-27(35)25(39-28(32)22(17-29)26(34)30-18(2)3)16-20-7-10-23(24(15-20)33(36)37)31-11-13-38-14-12-31/h5-10,15-16,18H,4,11-14H2,1-3H3,(H,30,34)/b25-16+,28-22-. The zero-order valence-electron chi connectivity index (χ0n) is 22.0. The number of aryl methyl sites for hydroxylation is 1. The fourth-order valence-electron chi connectivity index (χ4n) is 4.29. The van der Waals surface area contributed by atoms with E-state index in [4.69, 9.17) is 4.74 Å². The van der Waals surface area contributed by atoms with Gasteiger partial charge in [0.25, 0.3) is 17.2 Å². The van der Waals surface area contributed by atoms with Crippen LogP contribution in [0.25, 0.3) is 17.3 Å². The molecule has 1 N–H and O–H groups in total. The van der Waals surface area contributed by atoms with Gasteiger partial charge >= 0.3 is 0 Å². The van der Waals surface area contributed by atoms with Gasteiger partial charge in [0.05, 0.1) is 28.4 Å². The summed E-state index contributed by atoms with van der Waals surface area (Å²) in [5.74, 6) is -0.579. The molecule has 10 nitrogen and oxygen atoms in total. The lowest BCUT2D eigenvalue weighted by molar-refractivity contribution is -0.384. The fourth-order valence-corrected chi connectivity index (χ4v) is 5.40. The number of ether oxygens (including phenoxy) is 1. The largest absolute Gasteiger partial charge is 0.378 e. The summed E-state index contributed by atoms with van der Waals surface area (Å²) in [6.45, 7) is 7.66. The minimum absolute atomic E-state index is 0.0708. The number of nitrogens with zero attached hydrogens (tertiary/aromatic N) is 4. The quantitative estimate of drug-likeness (QED) is 0.355. The number of anilines is 1. The smallest absolute Gasteiger partial charge is 0.293 e. The van der Waals surface area contributed by atoms with E-state index in [1.54, 1.807) is 44.2 Å². The van der Waals surface area contributed by atoms with E-state index in [1.165, 1.54) is 10.6 Å². The van der Waals surface area contributed by atoms with Crippen LogP contribution in [0.3, 0.4) is 0 Å². The number of carbonyl (C=O) groups excluding carboxylic acids is 1. The summed E-state index contributed by atoms with van der Waals surface area (Å²) >= 11 is 0.998. The van der Waals surface area contributed by atoms with Crippen molar-refractivity contribution < 1.29 is 14.5 Å². The summed E-state index contributed by atoms with van der Waals surface area (Å²) in [4.78, 5) is 39.9. The maximum Gasteiger partial charge on any atom is 0.293 e. The normalized spacial score (nSPS) is 14.7. The second-order valence-corrected chi connectivity index (χ2v) is 10.3. The van der Waals surface area contributed by atoms with Gasteiger partial charge in [0, 0.05) is 25.2 Å². The van der Waals surface area contributed by atoms with Crippen LogP contribution in [0, 0.1) is 21.4 Å². The Hall–Kier alpha value is -4.27. The number of amides is 1. The predicted molar refractivity (Wildman–Crippen MR) is 151 cm³/mol. The highest BCUT2D eigenvalue weighted by atomic mass is 32.1. The van der Waals surface area contributed by atoms with Gasteiger partial charge in [-0.25, -0.2) is 0 Å². The Morgan fingerprint density at radius 2 is 1.92 bits per heavy atom. The summed E-state index contributed by atoms with van der Waals surface area (Å²) in [6.07, 6.45) is 2.37. The van der Waals surface area contributed by atoms with Crippen molar-refractivity contribution in [1.29, 1.82) is 5.26 Å². The van der Waals surface area contributed by atoms with Gasteiger partial charge in [-0.3, -0.25) is 24.3 Å². The Bertz CT molecular complexity index is 1610. The van der Waals surface area contributed by atoms with Crippen molar-refractivity contribution in [2.24, 2.45) is 0 Å². The topological polar surface area (TPSA) is 130 Å². The van der Waals surface area contributed by atoms with Gasteiger partial charge in [0.2, 0.25) is 0 Å². The Balaban J connectivity index is 1.93. The van der Waals surface area contributed by atoms with Gasteiger partial charge in [0.15, 0.2) is 5.57 Å². The van der Waals surface area contributed by atoms with E-state index in [0.29, 0.717) is 43.2 Å². The van der Waals surface area contributed by atoms with Crippen molar-refractivity contribution in [3.8, 4) is 11.8 Å². The van der Waals surface area contributed by atoms with Crippen LogP contribution in [0.4, 0.5) is 11.4 Å². The summed E-state index contributed by atoms with van der Waals surface area (Å²) < 4.78 is 7.14. The van der Waals surface area contributed by atoms with Gasteiger partial charge in [-0.2, -0.15) is 5.26 Å². The highest BCUT2D eigenvalue weighted by Gasteiger charge is 2.22. The van der Waals surface area contributed by atoms with E-state index in [-0.39, 0.29) is 26.5 Å². The number of nitrogens with one attached hydrogen (secondary N) is 1. The molecule has 1 aliphatic heterocycles. The third-order valence-corrected chi connectivity index (χ3v) is 7.34. The molecule has 0 aliphatic carbocycles. The molecule has 1 fully saturated rings. The van der Waals surface area contributed by atoms with Crippen LogP contribution >= 0.6 is 11.3 Å². The fraction of sp³-hybridized carbons (Fsp3) is 0.321. The number of nitro benzene ring substituents is 1. The summed E-state index contributed by atoms with van der Waals surface area (Å²) in [6, 6.07) is 13.9. The molecule has 0 bridgehead atoms. The van der Waals surface area contributed by atoms with E-state index in [0.717, 1.165) is 23.3 Å². The van der Waals surface area contributed by atoms with Crippen LogP contribution in [0.15, 0.2) is 47.3 Å². The van der Waals surface area contributed by atoms with Crippen molar-refractivity contribution in [2.45, 2.75) is 33.2 Å². The van der Waals surface area contributed by atoms with Crippen molar-refractivity contribution in [2.75, 3.05) is 31.2 Å². The average molecular weight is 548 g/mol. The third-order valence-electron chi connectivity index (χ3n) is 6.24. The third kappa shape index (κ3) is 6.08. The number of nitro groups is 1. The van der Waals surface area contributed by atoms with Gasteiger partial charge in [0.1, 0.15) is 16.4 Å². The Morgan fingerprint density at radius 1 is 1.23 bits per heavy atom. The first-order valence-corrected chi connectivity index (χ1v) is 13.4. The molecule has 1 aliphatic rings. The first-order valence-electron chi connectivity index (χ1n) is 12.6. The molecule has 3 aromatic rings. The number of aromatic nitrogens is 1. The molecule has 0 saturated carbocycles. The molecule has 0 atom stereocenters. The molecule has 0 unspecified atom stereocenters. The maximum atomic E-state index is 13.7. The lowest BCUT2D eigenvalue weighted by Gasteiger charge is -2.28. The van der Waals surface area contributed by atoms with E-state index in [1.807, 2.05) is 30.0 Å². The molecular weight excluding hydrogens is 518 g/mol. The van der Waals surface area contributed by atoms with Crippen molar-refractivity contribution in [1.82, 2.24) is 9.88 Å². The van der Waals surface area contributed by atoms with Crippen LogP contribution < -0.4 is 25.0 Å². The number of morpholine rings is 1. The Labute approximate surface area is 229 Å². The molecule has 4 rings (SSSR count). The molecule has 1 amide bonds. The van der Waals surface area contributed by atoms with Crippen LogP contribution in [-0.2, 0) is 16.0 Å². The molecule has 2 heterocycles. The number of benzene rings is 2.